The van der Waals surface area contributed by atoms with Crippen LogP contribution in [0.15, 0.2) is 48.8 Å². The number of carbonyl (C=O) groups is 1. The molecule has 0 atom stereocenters. The molecule has 1 saturated heterocycles. The van der Waals surface area contributed by atoms with Crippen LogP contribution in [0, 0.1) is 5.82 Å². The summed E-state index contributed by atoms with van der Waals surface area (Å²) in [5, 5.41) is 1.04. The monoisotopic (exact) mass is 409 g/mol. The zero-order valence-electron chi connectivity index (χ0n) is 16.3. The fourth-order valence-corrected chi connectivity index (χ4v) is 5.79. The van der Waals surface area contributed by atoms with E-state index < -0.39 is 0 Å². The lowest BCUT2D eigenvalue weighted by Gasteiger charge is -2.36. The van der Waals surface area contributed by atoms with Gasteiger partial charge in [-0.2, -0.15) is 0 Å². The number of amides is 1. The lowest BCUT2D eigenvalue weighted by molar-refractivity contribution is 0.0746. The first-order valence-electron chi connectivity index (χ1n) is 10.3. The fourth-order valence-electron chi connectivity index (χ4n) is 4.44. The van der Waals surface area contributed by atoms with Gasteiger partial charge in [-0.05, 0) is 55.5 Å². The van der Waals surface area contributed by atoms with Gasteiger partial charge in [0.25, 0.3) is 5.91 Å². The molecule has 0 saturated carbocycles. The van der Waals surface area contributed by atoms with E-state index in [0.717, 1.165) is 29.8 Å². The minimum Gasteiger partial charge on any atom is -0.366 e. The zero-order chi connectivity index (χ0) is 19.8. The number of aryl methyl sites for hydroxylation is 1. The summed E-state index contributed by atoms with van der Waals surface area (Å²) in [6, 6.07) is 10.9. The van der Waals surface area contributed by atoms with E-state index in [1.165, 1.54) is 22.9 Å². The quantitative estimate of drug-likeness (QED) is 0.636. The van der Waals surface area contributed by atoms with Crippen LogP contribution in [0.4, 0.5) is 10.1 Å². The van der Waals surface area contributed by atoms with E-state index in [9.17, 15) is 9.18 Å². The summed E-state index contributed by atoms with van der Waals surface area (Å²) >= 11 is 1.77. The highest BCUT2D eigenvalue weighted by Gasteiger charge is 2.31. The van der Waals surface area contributed by atoms with Gasteiger partial charge in [0.15, 0.2) is 0 Å². The van der Waals surface area contributed by atoms with Crippen molar-refractivity contribution >= 4 is 22.9 Å². The molecule has 1 fully saturated rings. The minimum absolute atomic E-state index is 0.126. The zero-order valence-corrected chi connectivity index (χ0v) is 17.1. The smallest absolute Gasteiger partial charge is 0.257 e. The number of halogens is 1. The predicted molar refractivity (Wildman–Crippen MR) is 115 cm³/mol. The van der Waals surface area contributed by atoms with Crippen molar-refractivity contribution in [2.75, 3.05) is 31.1 Å². The van der Waals surface area contributed by atoms with E-state index in [0.29, 0.717) is 31.9 Å². The molecular formula is C23H24FN3OS. The van der Waals surface area contributed by atoms with Gasteiger partial charge < -0.3 is 14.4 Å². The number of carbonyl (C=O) groups excluding carboxylic acids is 1. The molecule has 150 valence electrons. The van der Waals surface area contributed by atoms with Crippen LogP contribution < -0.4 is 4.90 Å². The number of hydrogen-bond donors (Lipinski definition) is 0. The van der Waals surface area contributed by atoms with Crippen molar-refractivity contribution in [3.63, 3.8) is 0 Å². The molecule has 1 aliphatic carbocycles. The van der Waals surface area contributed by atoms with Crippen molar-refractivity contribution < 1.29 is 9.18 Å². The molecule has 5 rings (SSSR count). The lowest BCUT2D eigenvalue weighted by Crippen LogP contribution is -2.49. The molecule has 3 aromatic rings. The standard InChI is InChI=1S/C23H24FN3OS/c24-18-8-2-3-9-19(18)25-13-15-26(16-14-25)22(28)21-17-7-1-4-10-20(17)29-23(21)27-11-5-6-12-27/h2-3,5-6,8-9,11-12H,1,4,7,10,13-16H2. The summed E-state index contributed by atoms with van der Waals surface area (Å²) in [6.45, 7) is 2.53. The van der Waals surface area contributed by atoms with Crippen LogP contribution in [-0.2, 0) is 12.8 Å². The summed E-state index contributed by atoms with van der Waals surface area (Å²) in [6.07, 6.45) is 8.45. The highest BCUT2D eigenvalue weighted by atomic mass is 32.1. The van der Waals surface area contributed by atoms with Crippen molar-refractivity contribution in [1.82, 2.24) is 9.47 Å². The average molecular weight is 410 g/mol. The molecule has 0 bridgehead atoms. The molecule has 29 heavy (non-hydrogen) atoms. The number of thiophene rings is 1. The number of benzene rings is 1. The average Bonchev–Trinajstić information content (AvgIpc) is 3.41. The van der Waals surface area contributed by atoms with E-state index in [1.807, 2.05) is 46.5 Å². The maximum Gasteiger partial charge on any atom is 0.257 e. The third kappa shape index (κ3) is 3.35. The Morgan fingerprint density at radius 3 is 2.41 bits per heavy atom. The van der Waals surface area contributed by atoms with Gasteiger partial charge in [-0.15, -0.1) is 11.3 Å². The van der Waals surface area contributed by atoms with Crippen LogP contribution in [0.3, 0.4) is 0 Å². The largest absolute Gasteiger partial charge is 0.366 e. The van der Waals surface area contributed by atoms with Crippen LogP contribution in [-0.4, -0.2) is 41.6 Å². The topological polar surface area (TPSA) is 28.5 Å². The number of piperazine rings is 1. The number of hydrogen-bond acceptors (Lipinski definition) is 3. The Morgan fingerprint density at radius 2 is 1.66 bits per heavy atom. The van der Waals surface area contributed by atoms with Crippen LogP contribution >= 0.6 is 11.3 Å². The number of aromatic nitrogens is 1. The van der Waals surface area contributed by atoms with E-state index in [2.05, 4.69) is 4.57 Å². The summed E-state index contributed by atoms with van der Waals surface area (Å²) < 4.78 is 16.2. The first-order valence-corrected chi connectivity index (χ1v) is 11.1. The molecule has 1 amide bonds. The van der Waals surface area contributed by atoms with Gasteiger partial charge in [0.2, 0.25) is 0 Å². The fraction of sp³-hybridized carbons (Fsp3) is 0.348. The molecule has 0 radical (unpaired) electrons. The highest BCUT2D eigenvalue weighted by Crippen LogP contribution is 2.37. The second kappa shape index (κ2) is 7.67. The Hall–Kier alpha value is -2.60. The maximum absolute atomic E-state index is 14.1. The second-order valence-corrected chi connectivity index (χ2v) is 8.80. The van der Waals surface area contributed by atoms with Gasteiger partial charge in [0.1, 0.15) is 10.8 Å². The highest BCUT2D eigenvalue weighted by molar-refractivity contribution is 7.15. The van der Waals surface area contributed by atoms with Gasteiger partial charge in [-0.3, -0.25) is 4.79 Å². The lowest BCUT2D eigenvalue weighted by atomic mass is 9.95. The Kier molecular flexibility index (Phi) is 4.87. The molecule has 0 spiro atoms. The van der Waals surface area contributed by atoms with E-state index in [1.54, 1.807) is 17.4 Å². The van der Waals surface area contributed by atoms with Crippen LogP contribution in [0.25, 0.3) is 5.00 Å². The molecule has 0 N–H and O–H groups in total. The number of nitrogens with zero attached hydrogens (tertiary/aromatic N) is 3. The first-order chi connectivity index (χ1) is 14.2. The molecule has 1 aliphatic heterocycles. The third-order valence-electron chi connectivity index (χ3n) is 5.97. The SMILES string of the molecule is O=C(c1c(-n2cccc2)sc2c1CCCC2)N1CCN(c2ccccc2F)CC1. The number of para-hydroxylation sites is 1. The minimum atomic E-state index is -0.200. The molecule has 6 heteroatoms. The van der Waals surface area contributed by atoms with Crippen LogP contribution in [0.2, 0.25) is 0 Å². The van der Waals surface area contributed by atoms with Crippen molar-refractivity contribution in [3.05, 3.63) is 70.6 Å². The number of anilines is 1. The van der Waals surface area contributed by atoms with Crippen LogP contribution in [0.1, 0.15) is 33.6 Å². The van der Waals surface area contributed by atoms with Gasteiger partial charge in [-0.1, -0.05) is 12.1 Å². The summed E-state index contributed by atoms with van der Waals surface area (Å²) in [7, 11) is 0. The van der Waals surface area contributed by atoms with Gasteiger partial charge in [0.05, 0.1) is 11.3 Å². The van der Waals surface area contributed by atoms with Gasteiger partial charge in [-0.25, -0.2) is 4.39 Å². The number of rotatable bonds is 3. The molecule has 0 unspecified atom stereocenters. The Bertz CT molecular complexity index is 1020. The second-order valence-electron chi connectivity index (χ2n) is 7.71. The molecule has 1 aromatic carbocycles. The Morgan fingerprint density at radius 1 is 0.931 bits per heavy atom. The first kappa shape index (κ1) is 18.4. The Labute approximate surface area is 174 Å². The molecule has 2 aliphatic rings. The van der Waals surface area contributed by atoms with E-state index >= 15 is 0 Å². The summed E-state index contributed by atoms with van der Waals surface area (Å²) in [5.41, 5.74) is 2.77. The molecular weight excluding hydrogens is 385 g/mol. The van der Waals surface area contributed by atoms with Gasteiger partial charge >= 0.3 is 0 Å². The maximum atomic E-state index is 14.1. The van der Waals surface area contributed by atoms with Crippen molar-refractivity contribution in [2.45, 2.75) is 25.7 Å². The molecule has 4 nitrogen and oxygen atoms in total. The van der Waals surface area contributed by atoms with Crippen molar-refractivity contribution in [1.29, 1.82) is 0 Å². The van der Waals surface area contributed by atoms with E-state index in [-0.39, 0.29) is 11.7 Å². The molecule has 3 heterocycles. The summed E-state index contributed by atoms with van der Waals surface area (Å²) in [4.78, 5) is 18.9. The predicted octanol–water partition coefficient (Wildman–Crippen LogP) is 4.52. The van der Waals surface area contributed by atoms with Gasteiger partial charge in [0, 0.05) is 43.4 Å². The van der Waals surface area contributed by atoms with Crippen molar-refractivity contribution in [3.8, 4) is 5.00 Å². The van der Waals surface area contributed by atoms with Crippen molar-refractivity contribution in [2.24, 2.45) is 0 Å². The Balaban J connectivity index is 1.40. The summed E-state index contributed by atoms with van der Waals surface area (Å²) in [5.74, 6) is -0.0737. The number of fused-ring (bicyclic) bond motifs is 1. The van der Waals surface area contributed by atoms with E-state index in [4.69, 9.17) is 0 Å². The van der Waals surface area contributed by atoms with Crippen LogP contribution in [0.5, 0.6) is 0 Å². The normalized spacial score (nSPS) is 16.7. The molecule has 2 aromatic heterocycles. The third-order valence-corrected chi connectivity index (χ3v) is 7.27.